The fourth-order valence-electron chi connectivity index (χ4n) is 2.07. The molecule has 1 aromatic carbocycles. The zero-order chi connectivity index (χ0) is 10.1. The van der Waals surface area contributed by atoms with Crippen LogP contribution in [-0.4, -0.2) is 23.6 Å². The molecule has 0 amide bonds. The minimum atomic E-state index is 0.238. The predicted molar refractivity (Wildman–Crippen MR) is 56.6 cm³/mol. The van der Waals surface area contributed by atoms with Crippen LogP contribution < -0.4 is 0 Å². The zero-order valence-electron chi connectivity index (χ0n) is 8.90. The van der Waals surface area contributed by atoms with Gasteiger partial charge in [-0.15, -0.1) is 0 Å². The SMILES string of the molecule is CC1=[N+](C)[C@H](c2ccccc2)[C@H](C)O1. The molecule has 2 rings (SSSR count). The molecule has 0 bridgehead atoms. The van der Waals surface area contributed by atoms with E-state index in [1.54, 1.807) is 0 Å². The van der Waals surface area contributed by atoms with Crippen molar-refractivity contribution in [2.75, 3.05) is 7.05 Å². The van der Waals surface area contributed by atoms with Crippen LogP contribution in [0.15, 0.2) is 30.3 Å². The molecule has 1 heterocycles. The maximum atomic E-state index is 5.68. The predicted octanol–water partition coefficient (Wildman–Crippen LogP) is 2.21. The lowest BCUT2D eigenvalue weighted by atomic mass is 10.0. The van der Waals surface area contributed by atoms with Gasteiger partial charge in [0.25, 0.3) is 0 Å². The van der Waals surface area contributed by atoms with Gasteiger partial charge in [-0.1, -0.05) is 30.3 Å². The number of likely N-dealkylation sites (N-methyl/N-ethyl adjacent to an activating group) is 1. The second-order valence-electron chi connectivity index (χ2n) is 3.81. The first-order chi connectivity index (χ1) is 6.70. The normalized spacial score (nSPS) is 26.5. The highest BCUT2D eigenvalue weighted by atomic mass is 16.5. The Morgan fingerprint density at radius 3 is 2.36 bits per heavy atom. The Morgan fingerprint density at radius 2 is 1.86 bits per heavy atom. The van der Waals surface area contributed by atoms with Crippen LogP contribution >= 0.6 is 0 Å². The van der Waals surface area contributed by atoms with Crippen LogP contribution in [0.4, 0.5) is 0 Å². The molecular weight excluding hydrogens is 174 g/mol. The van der Waals surface area contributed by atoms with Gasteiger partial charge in [0, 0.05) is 5.56 Å². The summed E-state index contributed by atoms with van der Waals surface area (Å²) in [5, 5.41) is 0. The summed E-state index contributed by atoms with van der Waals surface area (Å²) in [5.41, 5.74) is 1.32. The third-order valence-corrected chi connectivity index (χ3v) is 2.86. The Balaban J connectivity index is 2.36. The Morgan fingerprint density at radius 1 is 1.21 bits per heavy atom. The van der Waals surface area contributed by atoms with E-state index in [0.717, 1.165) is 5.90 Å². The van der Waals surface area contributed by atoms with Crippen molar-refractivity contribution in [3.63, 3.8) is 0 Å². The van der Waals surface area contributed by atoms with E-state index in [0.29, 0.717) is 6.04 Å². The van der Waals surface area contributed by atoms with Crippen molar-refractivity contribution >= 4 is 5.90 Å². The minimum absolute atomic E-state index is 0.238. The summed E-state index contributed by atoms with van der Waals surface area (Å²) in [4.78, 5) is 0. The molecule has 0 unspecified atom stereocenters. The molecule has 2 atom stereocenters. The number of hydrogen-bond acceptors (Lipinski definition) is 1. The second-order valence-corrected chi connectivity index (χ2v) is 3.81. The molecule has 0 saturated heterocycles. The highest BCUT2D eigenvalue weighted by Gasteiger charge is 2.37. The van der Waals surface area contributed by atoms with E-state index >= 15 is 0 Å². The van der Waals surface area contributed by atoms with Crippen LogP contribution in [0, 0.1) is 0 Å². The van der Waals surface area contributed by atoms with E-state index in [4.69, 9.17) is 4.74 Å². The highest BCUT2D eigenvalue weighted by molar-refractivity contribution is 5.69. The first kappa shape index (κ1) is 9.25. The van der Waals surface area contributed by atoms with Crippen LogP contribution in [0.25, 0.3) is 0 Å². The quantitative estimate of drug-likeness (QED) is 0.618. The van der Waals surface area contributed by atoms with Gasteiger partial charge in [-0.3, -0.25) is 0 Å². The Hall–Kier alpha value is -1.31. The Labute approximate surface area is 84.8 Å². The standard InChI is InChI=1S/C12H16NO/c1-9-12(13(3)10(2)14-9)11-7-5-4-6-8-11/h4-9,12H,1-3H3/q+1/t9-,12-/m0/s1. The molecule has 0 aliphatic carbocycles. The maximum absolute atomic E-state index is 5.68. The van der Waals surface area contributed by atoms with Crippen molar-refractivity contribution in [3.05, 3.63) is 35.9 Å². The van der Waals surface area contributed by atoms with Crippen LogP contribution in [0.1, 0.15) is 25.5 Å². The van der Waals surface area contributed by atoms with E-state index < -0.39 is 0 Å². The van der Waals surface area contributed by atoms with Crippen LogP contribution in [0.5, 0.6) is 0 Å². The number of nitrogens with zero attached hydrogens (tertiary/aromatic N) is 1. The summed E-state index contributed by atoms with van der Waals surface area (Å²) in [7, 11) is 2.08. The van der Waals surface area contributed by atoms with Gasteiger partial charge in [-0.05, 0) is 6.92 Å². The largest absolute Gasteiger partial charge is 0.438 e. The molecule has 0 fully saturated rings. The molecule has 14 heavy (non-hydrogen) atoms. The smallest absolute Gasteiger partial charge is 0.334 e. The lowest BCUT2D eigenvalue weighted by molar-refractivity contribution is -0.537. The van der Waals surface area contributed by atoms with Gasteiger partial charge in [0.05, 0.1) is 6.92 Å². The average molecular weight is 190 g/mol. The van der Waals surface area contributed by atoms with E-state index in [1.165, 1.54) is 5.56 Å². The Kier molecular flexibility index (Phi) is 2.28. The molecule has 2 heteroatoms. The van der Waals surface area contributed by atoms with Crippen molar-refractivity contribution in [2.24, 2.45) is 0 Å². The molecule has 0 spiro atoms. The lowest BCUT2D eigenvalue weighted by Crippen LogP contribution is -2.18. The van der Waals surface area contributed by atoms with Gasteiger partial charge in [0.1, 0.15) is 7.05 Å². The average Bonchev–Trinajstić information content (AvgIpc) is 2.43. The minimum Gasteiger partial charge on any atom is -0.438 e. The topological polar surface area (TPSA) is 12.2 Å². The van der Waals surface area contributed by atoms with Crippen LogP contribution in [-0.2, 0) is 4.74 Å². The fourth-order valence-corrected chi connectivity index (χ4v) is 2.07. The molecular formula is C12H16NO+. The third-order valence-electron chi connectivity index (χ3n) is 2.86. The third kappa shape index (κ3) is 1.41. The van der Waals surface area contributed by atoms with Gasteiger partial charge >= 0.3 is 5.90 Å². The number of ether oxygens (including phenoxy) is 1. The van der Waals surface area contributed by atoms with Gasteiger partial charge in [0.15, 0.2) is 6.10 Å². The van der Waals surface area contributed by atoms with Gasteiger partial charge in [-0.2, -0.15) is 4.58 Å². The molecule has 74 valence electrons. The monoisotopic (exact) mass is 190 g/mol. The highest BCUT2D eigenvalue weighted by Crippen LogP contribution is 2.27. The van der Waals surface area contributed by atoms with E-state index in [1.807, 2.05) is 13.0 Å². The van der Waals surface area contributed by atoms with E-state index in [2.05, 4.69) is 42.8 Å². The number of rotatable bonds is 1. The van der Waals surface area contributed by atoms with Crippen molar-refractivity contribution < 1.29 is 9.31 Å². The number of hydrogen-bond donors (Lipinski definition) is 0. The number of benzene rings is 1. The van der Waals surface area contributed by atoms with Crippen LogP contribution in [0.3, 0.4) is 0 Å². The van der Waals surface area contributed by atoms with E-state index in [9.17, 15) is 0 Å². The summed E-state index contributed by atoms with van der Waals surface area (Å²) < 4.78 is 7.88. The lowest BCUT2D eigenvalue weighted by Gasteiger charge is -2.10. The maximum Gasteiger partial charge on any atom is 0.334 e. The molecule has 0 aromatic heterocycles. The molecule has 2 nitrogen and oxygen atoms in total. The van der Waals surface area contributed by atoms with Gasteiger partial charge in [0.2, 0.25) is 6.04 Å². The summed E-state index contributed by atoms with van der Waals surface area (Å²) in [6.07, 6.45) is 0.238. The van der Waals surface area contributed by atoms with Crippen molar-refractivity contribution in [1.29, 1.82) is 0 Å². The van der Waals surface area contributed by atoms with E-state index in [-0.39, 0.29) is 6.10 Å². The van der Waals surface area contributed by atoms with Crippen molar-refractivity contribution in [2.45, 2.75) is 26.0 Å². The molecule has 1 aliphatic rings. The first-order valence-electron chi connectivity index (χ1n) is 4.98. The van der Waals surface area contributed by atoms with Gasteiger partial charge < -0.3 is 4.74 Å². The molecule has 0 N–H and O–H groups in total. The molecule has 1 aromatic rings. The van der Waals surface area contributed by atoms with Crippen molar-refractivity contribution in [3.8, 4) is 0 Å². The second kappa shape index (κ2) is 3.45. The summed E-state index contributed by atoms with van der Waals surface area (Å²) >= 11 is 0. The zero-order valence-corrected chi connectivity index (χ0v) is 8.90. The Bertz CT molecular complexity index is 356. The summed E-state index contributed by atoms with van der Waals surface area (Å²) in [6.45, 7) is 4.13. The summed E-state index contributed by atoms with van der Waals surface area (Å²) in [6, 6.07) is 10.9. The fraction of sp³-hybridized carbons (Fsp3) is 0.417. The molecule has 0 radical (unpaired) electrons. The molecule has 1 aliphatic heterocycles. The van der Waals surface area contributed by atoms with Crippen molar-refractivity contribution in [1.82, 2.24) is 0 Å². The molecule has 0 saturated carbocycles. The van der Waals surface area contributed by atoms with Gasteiger partial charge in [-0.25, -0.2) is 0 Å². The first-order valence-corrected chi connectivity index (χ1v) is 4.98. The summed E-state index contributed by atoms with van der Waals surface area (Å²) in [5.74, 6) is 1.01. The van der Waals surface area contributed by atoms with Crippen LogP contribution in [0.2, 0.25) is 0 Å².